The number of amides is 4. The van der Waals surface area contributed by atoms with Crippen molar-refractivity contribution in [1.82, 2.24) is 15.1 Å². The van der Waals surface area contributed by atoms with Gasteiger partial charge in [0.2, 0.25) is 5.91 Å². The maximum absolute atomic E-state index is 13.2. The fraction of sp³-hybridized carbons (Fsp3) is 0.571. The number of nitrogens with zero attached hydrogens (tertiary/aromatic N) is 2. The summed E-state index contributed by atoms with van der Waals surface area (Å²) in [4.78, 5) is 41.2. The maximum Gasteiger partial charge on any atom is 0.387 e. The minimum Gasteiger partial charge on any atom is -0.435 e. The van der Waals surface area contributed by atoms with Crippen LogP contribution in [0.2, 0.25) is 0 Å². The first-order valence-corrected chi connectivity index (χ1v) is 12.4. The summed E-state index contributed by atoms with van der Waals surface area (Å²) >= 11 is 0. The number of alkyl halides is 2. The van der Waals surface area contributed by atoms with Crippen LogP contribution in [0.3, 0.4) is 0 Å². The molecule has 4 amide bonds. The molecule has 3 atom stereocenters. The zero-order valence-electron chi connectivity index (χ0n) is 18.6. The van der Waals surface area contributed by atoms with Gasteiger partial charge in [-0.2, -0.15) is 8.78 Å². The topological polar surface area (TPSA) is 113 Å². The molecule has 3 rings (SSSR count). The van der Waals surface area contributed by atoms with E-state index in [2.05, 4.69) is 10.1 Å². The number of nitrogens with one attached hydrogen (secondary N) is 1. The Morgan fingerprint density at radius 3 is 2.45 bits per heavy atom. The van der Waals surface area contributed by atoms with Crippen molar-refractivity contribution in [2.24, 2.45) is 0 Å². The van der Waals surface area contributed by atoms with Crippen LogP contribution in [0.15, 0.2) is 24.3 Å². The van der Waals surface area contributed by atoms with Gasteiger partial charge in [0.05, 0.1) is 11.5 Å². The average Bonchev–Trinajstić information content (AvgIpc) is 3.19. The molecular formula is C21H27F2N3O6S. The highest BCUT2D eigenvalue weighted by atomic mass is 32.2. The number of hydrogen-bond acceptors (Lipinski definition) is 6. The van der Waals surface area contributed by atoms with E-state index in [0.29, 0.717) is 18.4 Å². The first-order chi connectivity index (χ1) is 15.4. The zero-order valence-corrected chi connectivity index (χ0v) is 19.4. The van der Waals surface area contributed by atoms with E-state index in [9.17, 15) is 31.6 Å². The molecule has 0 bridgehead atoms. The monoisotopic (exact) mass is 487 g/mol. The second-order valence-electron chi connectivity index (χ2n) is 8.46. The molecule has 0 spiro atoms. The Hall–Kier alpha value is -2.76. The summed E-state index contributed by atoms with van der Waals surface area (Å²) in [7, 11) is -3.24. The first-order valence-electron chi connectivity index (χ1n) is 10.6. The summed E-state index contributed by atoms with van der Waals surface area (Å²) in [6.07, 6.45) is 0.885. The highest BCUT2D eigenvalue weighted by Gasteiger charge is 2.50. The van der Waals surface area contributed by atoms with Gasteiger partial charge >= 0.3 is 12.6 Å². The second-order valence-corrected chi connectivity index (χ2v) is 10.7. The fourth-order valence-corrected chi connectivity index (χ4v) is 5.93. The van der Waals surface area contributed by atoms with E-state index in [1.54, 1.807) is 6.92 Å². The molecule has 2 aliphatic rings. The largest absolute Gasteiger partial charge is 0.435 e. The van der Waals surface area contributed by atoms with Crippen molar-refractivity contribution in [3.63, 3.8) is 0 Å². The van der Waals surface area contributed by atoms with Crippen LogP contribution in [0.4, 0.5) is 13.6 Å². The third kappa shape index (κ3) is 5.10. The Morgan fingerprint density at radius 2 is 1.94 bits per heavy atom. The third-order valence-electron chi connectivity index (χ3n) is 6.18. The lowest BCUT2D eigenvalue weighted by Crippen LogP contribution is -2.51. The third-order valence-corrected chi connectivity index (χ3v) is 7.93. The van der Waals surface area contributed by atoms with Crippen LogP contribution in [-0.2, 0) is 25.0 Å². The molecule has 0 radical (unpaired) electrons. The highest BCUT2D eigenvalue weighted by molar-refractivity contribution is 7.91. The molecular weight excluding hydrogens is 460 g/mol. The van der Waals surface area contributed by atoms with Crippen LogP contribution in [0.5, 0.6) is 5.75 Å². The van der Waals surface area contributed by atoms with E-state index in [1.165, 1.54) is 36.1 Å². The molecule has 0 unspecified atom stereocenters. The number of carbonyl (C=O) groups is 3. The molecule has 12 heteroatoms. The van der Waals surface area contributed by atoms with Crippen LogP contribution in [-0.4, -0.2) is 72.8 Å². The molecule has 0 aliphatic carbocycles. The standard InChI is InChI=1S/C21H27F2N3O6S/c1-4-13(2)26(15-9-10-33(30,31)12-15)17(27)11-25-18(28)21(3,24-20(25)29)14-5-7-16(8-6-14)32-19(22)23/h5-8,13,15,19H,4,9-12H2,1-3H3,(H,24,29)/t13-,15-,21-/m0/s1. The van der Waals surface area contributed by atoms with Gasteiger partial charge in [0.25, 0.3) is 5.91 Å². The molecule has 9 nitrogen and oxygen atoms in total. The van der Waals surface area contributed by atoms with Crippen molar-refractivity contribution in [3.8, 4) is 5.75 Å². The molecule has 1 aromatic carbocycles. The molecule has 2 saturated heterocycles. The Bertz CT molecular complexity index is 1030. The normalized spacial score (nSPS) is 25.3. The summed E-state index contributed by atoms with van der Waals surface area (Å²) in [5.41, 5.74) is -1.17. The number of sulfone groups is 1. The van der Waals surface area contributed by atoms with E-state index in [4.69, 9.17) is 0 Å². The molecule has 2 heterocycles. The number of imide groups is 1. The number of rotatable bonds is 8. The first kappa shape index (κ1) is 24.9. The van der Waals surface area contributed by atoms with Crippen LogP contribution >= 0.6 is 0 Å². The van der Waals surface area contributed by atoms with Crippen molar-refractivity contribution in [1.29, 1.82) is 0 Å². The Balaban J connectivity index is 1.78. The fourth-order valence-electron chi connectivity index (χ4n) is 4.22. The van der Waals surface area contributed by atoms with Gasteiger partial charge < -0.3 is 15.0 Å². The Labute approximate surface area is 191 Å². The maximum atomic E-state index is 13.2. The molecule has 33 heavy (non-hydrogen) atoms. The predicted molar refractivity (Wildman–Crippen MR) is 114 cm³/mol. The number of hydrogen-bond donors (Lipinski definition) is 1. The highest BCUT2D eigenvalue weighted by Crippen LogP contribution is 2.31. The number of ether oxygens (including phenoxy) is 1. The lowest BCUT2D eigenvalue weighted by atomic mass is 9.92. The van der Waals surface area contributed by atoms with Crippen LogP contribution in [0.1, 0.15) is 39.2 Å². The van der Waals surface area contributed by atoms with Gasteiger partial charge in [-0.05, 0) is 44.4 Å². The minimum absolute atomic E-state index is 0.00957. The quantitative estimate of drug-likeness (QED) is 0.560. The number of carbonyl (C=O) groups excluding carboxylic acids is 3. The molecule has 1 N–H and O–H groups in total. The van der Waals surface area contributed by atoms with Gasteiger partial charge in [-0.15, -0.1) is 0 Å². The predicted octanol–water partition coefficient (Wildman–Crippen LogP) is 1.87. The Kier molecular flexibility index (Phi) is 6.96. The molecule has 0 saturated carbocycles. The van der Waals surface area contributed by atoms with Gasteiger partial charge in [-0.25, -0.2) is 13.2 Å². The lowest BCUT2D eigenvalue weighted by molar-refractivity contribution is -0.141. The van der Waals surface area contributed by atoms with Gasteiger partial charge in [-0.1, -0.05) is 19.1 Å². The summed E-state index contributed by atoms with van der Waals surface area (Å²) < 4.78 is 52.9. The van der Waals surface area contributed by atoms with Crippen LogP contribution in [0, 0.1) is 0 Å². The smallest absolute Gasteiger partial charge is 0.387 e. The number of benzene rings is 1. The summed E-state index contributed by atoms with van der Waals surface area (Å²) in [5, 5.41) is 2.56. The SMILES string of the molecule is CC[C@H](C)N(C(=O)CN1C(=O)N[C@@](C)(c2ccc(OC(F)F)cc2)C1=O)[C@H]1CCS(=O)(=O)C1. The summed E-state index contributed by atoms with van der Waals surface area (Å²) in [6.45, 7) is 1.58. The zero-order chi connectivity index (χ0) is 24.6. The molecule has 182 valence electrons. The van der Waals surface area contributed by atoms with E-state index in [-0.39, 0.29) is 23.3 Å². The minimum atomic E-state index is -3.24. The average molecular weight is 488 g/mol. The van der Waals surface area contributed by atoms with E-state index >= 15 is 0 Å². The lowest BCUT2D eigenvalue weighted by Gasteiger charge is -2.34. The second kappa shape index (κ2) is 9.24. The molecule has 0 aromatic heterocycles. The van der Waals surface area contributed by atoms with E-state index < -0.39 is 52.4 Å². The van der Waals surface area contributed by atoms with Gasteiger partial charge in [0.15, 0.2) is 9.84 Å². The van der Waals surface area contributed by atoms with Crippen LogP contribution < -0.4 is 10.1 Å². The van der Waals surface area contributed by atoms with Gasteiger partial charge in [0, 0.05) is 12.1 Å². The number of urea groups is 1. The van der Waals surface area contributed by atoms with E-state index in [1.807, 2.05) is 6.92 Å². The van der Waals surface area contributed by atoms with Crippen molar-refractivity contribution in [2.45, 2.75) is 57.8 Å². The van der Waals surface area contributed by atoms with Crippen LogP contribution in [0.25, 0.3) is 0 Å². The Morgan fingerprint density at radius 1 is 1.30 bits per heavy atom. The van der Waals surface area contributed by atoms with E-state index in [0.717, 1.165) is 4.90 Å². The summed E-state index contributed by atoms with van der Waals surface area (Å²) in [6, 6.07) is 3.73. The van der Waals surface area contributed by atoms with Crippen molar-refractivity contribution in [2.75, 3.05) is 18.1 Å². The summed E-state index contributed by atoms with van der Waals surface area (Å²) in [5.74, 6) is -1.44. The van der Waals surface area contributed by atoms with Crippen molar-refractivity contribution in [3.05, 3.63) is 29.8 Å². The van der Waals surface area contributed by atoms with Crippen molar-refractivity contribution < 1.29 is 36.3 Å². The molecule has 2 aliphatic heterocycles. The van der Waals surface area contributed by atoms with Crippen molar-refractivity contribution >= 4 is 27.7 Å². The molecule has 1 aromatic rings. The number of halogens is 2. The van der Waals surface area contributed by atoms with Gasteiger partial charge in [0.1, 0.15) is 17.8 Å². The van der Waals surface area contributed by atoms with Gasteiger partial charge in [-0.3, -0.25) is 14.5 Å². The molecule has 2 fully saturated rings.